The van der Waals surface area contributed by atoms with E-state index < -0.39 is 30.1 Å². The van der Waals surface area contributed by atoms with Gasteiger partial charge in [0.1, 0.15) is 5.82 Å². The first-order valence-corrected chi connectivity index (χ1v) is 5.25. The van der Waals surface area contributed by atoms with Crippen LogP contribution in [0.15, 0.2) is 22.7 Å². The Morgan fingerprint density at radius 3 is 2.40 bits per heavy atom. The number of rotatable bonds is 1. The van der Waals surface area contributed by atoms with Crippen LogP contribution >= 0.6 is 15.9 Å². The van der Waals surface area contributed by atoms with E-state index in [-0.39, 0.29) is 4.47 Å². The fourth-order valence-electron chi connectivity index (χ4n) is 1.95. The molecule has 1 fully saturated rings. The number of alkyl halides is 2. The van der Waals surface area contributed by atoms with Gasteiger partial charge in [-0.05, 0) is 27.6 Å². The first-order valence-electron chi connectivity index (χ1n) is 4.45. The smallest absolute Gasteiger partial charge is 0.252 e. The summed E-state index contributed by atoms with van der Waals surface area (Å²) in [5.74, 6) is -3.20. The normalized spacial score (nSPS) is 22.2. The maximum atomic E-state index is 13.2. The molecule has 5 heteroatoms. The van der Waals surface area contributed by atoms with Crippen molar-refractivity contribution in [2.75, 3.05) is 0 Å². The van der Waals surface area contributed by atoms with Gasteiger partial charge in [0.15, 0.2) is 0 Å². The van der Waals surface area contributed by atoms with Gasteiger partial charge in [0.25, 0.3) is 5.92 Å². The Hall–Kier alpha value is -0.550. The Bertz CT molecular complexity index is 398. The van der Waals surface area contributed by atoms with E-state index in [9.17, 15) is 13.2 Å². The predicted molar refractivity (Wildman–Crippen MR) is 54.1 cm³/mol. The van der Waals surface area contributed by atoms with Crippen LogP contribution in [0.3, 0.4) is 0 Å². The predicted octanol–water partition coefficient (Wildman–Crippen LogP) is 3.17. The second-order valence-corrected chi connectivity index (χ2v) is 4.76. The minimum absolute atomic E-state index is 0.183. The lowest BCUT2D eigenvalue weighted by atomic mass is 9.70. The first kappa shape index (κ1) is 11.0. The van der Waals surface area contributed by atoms with Gasteiger partial charge in [-0.1, -0.05) is 12.1 Å². The Morgan fingerprint density at radius 2 is 1.87 bits per heavy atom. The largest absolute Gasteiger partial charge is 0.321 e. The lowest BCUT2D eigenvalue weighted by Gasteiger charge is -2.45. The van der Waals surface area contributed by atoms with Crippen LogP contribution in [0.25, 0.3) is 0 Å². The minimum Gasteiger partial charge on any atom is -0.321 e. The van der Waals surface area contributed by atoms with Crippen molar-refractivity contribution in [2.24, 2.45) is 5.73 Å². The molecular weight excluding hydrogens is 271 g/mol. The van der Waals surface area contributed by atoms with Crippen molar-refractivity contribution in [3.63, 3.8) is 0 Å². The first-order chi connectivity index (χ1) is 6.84. The van der Waals surface area contributed by atoms with Crippen LogP contribution < -0.4 is 5.73 Å². The average Bonchev–Trinajstić information content (AvgIpc) is 2.05. The Kier molecular flexibility index (Phi) is 2.35. The molecule has 0 aromatic heterocycles. The second kappa shape index (κ2) is 3.22. The number of nitrogens with two attached hydrogens (primary N) is 1. The number of halogens is 4. The third-order valence-electron chi connectivity index (χ3n) is 2.64. The maximum Gasteiger partial charge on any atom is 0.252 e. The molecule has 1 saturated carbocycles. The molecule has 15 heavy (non-hydrogen) atoms. The van der Waals surface area contributed by atoms with Crippen LogP contribution in [0, 0.1) is 5.82 Å². The molecule has 0 saturated heterocycles. The molecule has 2 rings (SSSR count). The van der Waals surface area contributed by atoms with Gasteiger partial charge in [-0.3, -0.25) is 0 Å². The van der Waals surface area contributed by atoms with E-state index in [0.717, 1.165) is 0 Å². The molecule has 0 radical (unpaired) electrons. The van der Waals surface area contributed by atoms with Crippen molar-refractivity contribution in [2.45, 2.75) is 24.3 Å². The van der Waals surface area contributed by atoms with E-state index in [0.29, 0.717) is 5.56 Å². The Labute approximate surface area is 93.6 Å². The van der Waals surface area contributed by atoms with Crippen molar-refractivity contribution in [1.29, 1.82) is 0 Å². The summed E-state index contributed by atoms with van der Waals surface area (Å²) in [6, 6.07) is 4.30. The van der Waals surface area contributed by atoms with Gasteiger partial charge in [-0.25, -0.2) is 13.2 Å². The zero-order chi connectivity index (χ0) is 11.3. The third kappa shape index (κ3) is 1.78. The van der Waals surface area contributed by atoms with Gasteiger partial charge in [-0.2, -0.15) is 0 Å². The maximum absolute atomic E-state index is 13.2. The second-order valence-electron chi connectivity index (χ2n) is 3.97. The van der Waals surface area contributed by atoms with Crippen molar-refractivity contribution in [3.05, 3.63) is 34.1 Å². The van der Waals surface area contributed by atoms with Gasteiger partial charge < -0.3 is 5.73 Å². The van der Waals surface area contributed by atoms with Crippen LogP contribution in [0.4, 0.5) is 13.2 Å². The minimum atomic E-state index is -2.72. The SMILES string of the molecule is NC1(c2cccc(F)c2Br)CC(F)(F)C1. The summed E-state index contributed by atoms with van der Waals surface area (Å²) in [6.45, 7) is 0. The van der Waals surface area contributed by atoms with E-state index in [1.54, 1.807) is 6.07 Å². The molecule has 0 aliphatic heterocycles. The Morgan fingerprint density at radius 1 is 1.27 bits per heavy atom. The molecule has 1 nitrogen and oxygen atoms in total. The summed E-state index contributed by atoms with van der Waals surface area (Å²) < 4.78 is 38.9. The van der Waals surface area contributed by atoms with Crippen LogP contribution in [0.2, 0.25) is 0 Å². The van der Waals surface area contributed by atoms with Crippen molar-refractivity contribution < 1.29 is 13.2 Å². The molecule has 1 aromatic carbocycles. The topological polar surface area (TPSA) is 26.0 Å². The molecule has 1 aromatic rings. The molecule has 0 unspecified atom stereocenters. The van der Waals surface area contributed by atoms with E-state index in [4.69, 9.17) is 5.73 Å². The molecule has 0 amide bonds. The quantitative estimate of drug-likeness (QED) is 0.840. The van der Waals surface area contributed by atoms with Crippen molar-refractivity contribution in [3.8, 4) is 0 Å². The van der Waals surface area contributed by atoms with Crippen LogP contribution in [-0.2, 0) is 5.54 Å². The van der Waals surface area contributed by atoms with Gasteiger partial charge in [-0.15, -0.1) is 0 Å². The fourth-order valence-corrected chi connectivity index (χ4v) is 2.61. The summed E-state index contributed by atoms with van der Waals surface area (Å²) in [5.41, 5.74) is 5.10. The van der Waals surface area contributed by atoms with E-state index in [2.05, 4.69) is 15.9 Å². The summed E-state index contributed by atoms with van der Waals surface area (Å²) >= 11 is 3.03. The molecule has 1 aliphatic carbocycles. The highest BCUT2D eigenvalue weighted by Gasteiger charge is 2.55. The summed E-state index contributed by atoms with van der Waals surface area (Å²) in [7, 11) is 0. The standard InChI is InChI=1S/C10H9BrF3N/c11-8-6(2-1-3-7(8)12)9(15)4-10(13,14)5-9/h1-3H,4-5,15H2. The van der Waals surface area contributed by atoms with E-state index >= 15 is 0 Å². The van der Waals surface area contributed by atoms with Gasteiger partial charge >= 0.3 is 0 Å². The zero-order valence-corrected chi connectivity index (χ0v) is 9.32. The number of benzene rings is 1. The van der Waals surface area contributed by atoms with Crippen LogP contribution in [0.1, 0.15) is 18.4 Å². The van der Waals surface area contributed by atoms with Gasteiger partial charge in [0, 0.05) is 12.8 Å². The molecule has 0 spiro atoms. The Balaban J connectivity index is 2.36. The molecule has 2 N–H and O–H groups in total. The highest BCUT2D eigenvalue weighted by molar-refractivity contribution is 9.10. The lowest BCUT2D eigenvalue weighted by molar-refractivity contribution is -0.125. The highest BCUT2D eigenvalue weighted by atomic mass is 79.9. The molecule has 0 heterocycles. The zero-order valence-electron chi connectivity index (χ0n) is 7.74. The molecule has 0 bridgehead atoms. The van der Waals surface area contributed by atoms with Gasteiger partial charge in [0.2, 0.25) is 0 Å². The summed E-state index contributed by atoms with van der Waals surface area (Å²) in [4.78, 5) is 0. The fraction of sp³-hybridized carbons (Fsp3) is 0.400. The number of hydrogen-bond donors (Lipinski definition) is 1. The summed E-state index contributed by atoms with van der Waals surface area (Å²) in [5, 5.41) is 0. The molecule has 0 atom stereocenters. The highest BCUT2D eigenvalue weighted by Crippen LogP contribution is 2.51. The third-order valence-corrected chi connectivity index (χ3v) is 3.44. The van der Waals surface area contributed by atoms with Crippen molar-refractivity contribution in [1.82, 2.24) is 0 Å². The number of hydrogen-bond acceptors (Lipinski definition) is 1. The average molecular weight is 280 g/mol. The van der Waals surface area contributed by atoms with Crippen LogP contribution in [-0.4, -0.2) is 5.92 Å². The van der Waals surface area contributed by atoms with Crippen molar-refractivity contribution >= 4 is 15.9 Å². The van der Waals surface area contributed by atoms with E-state index in [1.165, 1.54) is 12.1 Å². The molecule has 1 aliphatic rings. The molecular formula is C10H9BrF3N. The molecule has 82 valence electrons. The van der Waals surface area contributed by atoms with Gasteiger partial charge in [0.05, 0.1) is 10.0 Å². The van der Waals surface area contributed by atoms with Crippen LogP contribution in [0.5, 0.6) is 0 Å². The monoisotopic (exact) mass is 279 g/mol. The lowest BCUT2D eigenvalue weighted by Crippen LogP contribution is -2.55. The van der Waals surface area contributed by atoms with E-state index in [1.807, 2.05) is 0 Å². The summed E-state index contributed by atoms with van der Waals surface area (Å²) in [6.07, 6.45) is -0.857.